The maximum Gasteiger partial charge on any atom is 0.188 e. The number of hydrogen-bond acceptors (Lipinski definition) is 3. The van der Waals surface area contributed by atoms with Gasteiger partial charge in [-0.3, -0.25) is 4.99 Å². The normalized spacial score (nSPS) is 14.1. The Morgan fingerprint density at radius 1 is 1.41 bits per heavy atom. The highest BCUT2D eigenvalue weighted by atomic mass is 16.5. The summed E-state index contributed by atoms with van der Waals surface area (Å²) in [6, 6.07) is 0. The summed E-state index contributed by atoms with van der Waals surface area (Å²) >= 11 is 0. The minimum atomic E-state index is 0.157. The van der Waals surface area contributed by atoms with Crippen LogP contribution < -0.4 is 11.1 Å². The van der Waals surface area contributed by atoms with Crippen LogP contribution in [0.4, 0.5) is 0 Å². The van der Waals surface area contributed by atoms with Gasteiger partial charge in [-0.25, -0.2) is 0 Å². The van der Waals surface area contributed by atoms with Crippen molar-refractivity contribution in [3.63, 3.8) is 0 Å². The lowest BCUT2D eigenvalue weighted by atomic mass is 10.2. The Hall–Kier alpha value is -0.810. The summed E-state index contributed by atoms with van der Waals surface area (Å²) in [5.41, 5.74) is 5.73. The fourth-order valence-corrected chi connectivity index (χ4v) is 1.37. The Kier molecular flexibility index (Phi) is 9.86. The van der Waals surface area contributed by atoms with Crippen LogP contribution in [0.25, 0.3) is 0 Å². The molecule has 0 aromatic rings. The first-order valence-corrected chi connectivity index (χ1v) is 6.40. The number of nitrogens with one attached hydrogen (secondary N) is 1. The summed E-state index contributed by atoms with van der Waals surface area (Å²) in [6.45, 7) is 7.32. The van der Waals surface area contributed by atoms with E-state index in [0.717, 1.165) is 32.5 Å². The highest BCUT2D eigenvalue weighted by molar-refractivity contribution is 5.77. The van der Waals surface area contributed by atoms with Crippen molar-refractivity contribution in [3.05, 3.63) is 0 Å². The molecule has 0 amide bonds. The van der Waals surface area contributed by atoms with Gasteiger partial charge in [0.2, 0.25) is 0 Å². The molecule has 0 aromatic carbocycles. The molecular formula is C12H28N4O. The number of nitrogens with zero attached hydrogens (tertiary/aromatic N) is 2. The third-order valence-corrected chi connectivity index (χ3v) is 2.32. The average molecular weight is 244 g/mol. The van der Waals surface area contributed by atoms with Gasteiger partial charge in [-0.1, -0.05) is 6.92 Å². The lowest BCUT2D eigenvalue weighted by Gasteiger charge is -2.17. The van der Waals surface area contributed by atoms with Gasteiger partial charge >= 0.3 is 0 Å². The van der Waals surface area contributed by atoms with Crippen LogP contribution in [0.1, 0.15) is 26.7 Å². The van der Waals surface area contributed by atoms with Crippen molar-refractivity contribution < 1.29 is 4.74 Å². The Balaban J connectivity index is 3.96. The van der Waals surface area contributed by atoms with Crippen molar-refractivity contribution in [2.75, 3.05) is 40.3 Å². The molecule has 17 heavy (non-hydrogen) atoms. The molecule has 102 valence electrons. The van der Waals surface area contributed by atoms with Crippen molar-refractivity contribution in [1.82, 2.24) is 10.2 Å². The standard InChI is InChI=1S/C12H28N4O/c1-5-8-14-12(13)15-10-11(17-6-2)7-9-16(3)4/h11H,5-10H2,1-4H3,(H3,13,14,15). The predicted octanol–water partition coefficient (Wildman–Crippen LogP) is 0.658. The van der Waals surface area contributed by atoms with E-state index in [4.69, 9.17) is 10.5 Å². The van der Waals surface area contributed by atoms with E-state index in [1.165, 1.54) is 0 Å². The summed E-state index contributed by atoms with van der Waals surface area (Å²) in [7, 11) is 4.12. The number of guanidine groups is 1. The Labute approximate surface area is 105 Å². The minimum absolute atomic E-state index is 0.157. The molecule has 0 aliphatic heterocycles. The van der Waals surface area contributed by atoms with Gasteiger partial charge in [0.25, 0.3) is 0 Å². The quantitative estimate of drug-likeness (QED) is 0.462. The van der Waals surface area contributed by atoms with Crippen molar-refractivity contribution in [1.29, 1.82) is 0 Å². The van der Waals surface area contributed by atoms with E-state index in [1.807, 2.05) is 6.92 Å². The summed E-state index contributed by atoms with van der Waals surface area (Å²) in [6.07, 6.45) is 2.18. The minimum Gasteiger partial charge on any atom is -0.377 e. The van der Waals surface area contributed by atoms with Gasteiger partial charge in [0.1, 0.15) is 0 Å². The molecule has 0 aliphatic rings. The molecule has 0 radical (unpaired) electrons. The number of aliphatic imine (C=N–C) groups is 1. The van der Waals surface area contributed by atoms with Crippen molar-refractivity contribution >= 4 is 5.96 Å². The van der Waals surface area contributed by atoms with Crippen LogP contribution in [0.5, 0.6) is 0 Å². The maximum atomic E-state index is 5.73. The van der Waals surface area contributed by atoms with Crippen LogP contribution >= 0.6 is 0 Å². The molecule has 0 heterocycles. The molecule has 0 aliphatic carbocycles. The van der Waals surface area contributed by atoms with Gasteiger partial charge in [0.15, 0.2) is 5.96 Å². The number of hydrogen-bond donors (Lipinski definition) is 2. The smallest absolute Gasteiger partial charge is 0.188 e. The van der Waals surface area contributed by atoms with Gasteiger partial charge in [-0.05, 0) is 33.9 Å². The molecular weight excluding hydrogens is 216 g/mol. The molecule has 5 heteroatoms. The van der Waals surface area contributed by atoms with Gasteiger partial charge < -0.3 is 20.7 Å². The van der Waals surface area contributed by atoms with E-state index in [1.54, 1.807) is 0 Å². The molecule has 0 rings (SSSR count). The summed E-state index contributed by atoms with van der Waals surface area (Å²) in [5.74, 6) is 0.515. The Morgan fingerprint density at radius 3 is 2.65 bits per heavy atom. The molecule has 0 fully saturated rings. The monoisotopic (exact) mass is 244 g/mol. The number of rotatable bonds is 9. The van der Waals surface area contributed by atoms with E-state index < -0.39 is 0 Å². The van der Waals surface area contributed by atoms with Crippen molar-refractivity contribution in [3.8, 4) is 0 Å². The van der Waals surface area contributed by atoms with E-state index in [9.17, 15) is 0 Å². The van der Waals surface area contributed by atoms with Crippen LogP contribution in [0.3, 0.4) is 0 Å². The molecule has 0 spiro atoms. The topological polar surface area (TPSA) is 62.9 Å². The second-order valence-corrected chi connectivity index (χ2v) is 4.32. The van der Waals surface area contributed by atoms with Crippen LogP contribution in [-0.2, 0) is 4.74 Å². The van der Waals surface area contributed by atoms with Gasteiger partial charge in [0, 0.05) is 19.7 Å². The first kappa shape index (κ1) is 16.2. The number of nitrogens with two attached hydrogens (primary N) is 1. The lowest BCUT2D eigenvalue weighted by Crippen LogP contribution is -2.33. The molecule has 1 atom stereocenters. The molecule has 5 nitrogen and oxygen atoms in total. The molecule has 0 saturated heterocycles. The number of ether oxygens (including phenoxy) is 1. The molecule has 3 N–H and O–H groups in total. The van der Waals surface area contributed by atoms with E-state index in [0.29, 0.717) is 12.5 Å². The highest BCUT2D eigenvalue weighted by Crippen LogP contribution is 2.00. The predicted molar refractivity (Wildman–Crippen MR) is 73.4 cm³/mol. The van der Waals surface area contributed by atoms with E-state index in [-0.39, 0.29) is 6.10 Å². The van der Waals surface area contributed by atoms with Crippen molar-refractivity contribution in [2.45, 2.75) is 32.8 Å². The second kappa shape index (κ2) is 10.4. The maximum absolute atomic E-state index is 5.73. The zero-order chi connectivity index (χ0) is 13.1. The Bertz CT molecular complexity index is 207. The van der Waals surface area contributed by atoms with Crippen LogP contribution in [0, 0.1) is 0 Å². The largest absolute Gasteiger partial charge is 0.377 e. The van der Waals surface area contributed by atoms with Crippen LogP contribution in [-0.4, -0.2) is 57.3 Å². The zero-order valence-electron chi connectivity index (χ0n) is 11.7. The lowest BCUT2D eigenvalue weighted by molar-refractivity contribution is 0.0582. The highest BCUT2D eigenvalue weighted by Gasteiger charge is 2.08. The summed E-state index contributed by atoms with van der Waals surface area (Å²) < 4.78 is 5.63. The first-order chi connectivity index (χ1) is 8.10. The summed E-state index contributed by atoms with van der Waals surface area (Å²) in [4.78, 5) is 6.45. The summed E-state index contributed by atoms with van der Waals surface area (Å²) in [5, 5.41) is 3.06. The molecule has 1 unspecified atom stereocenters. The van der Waals surface area contributed by atoms with E-state index in [2.05, 4.69) is 36.2 Å². The van der Waals surface area contributed by atoms with E-state index >= 15 is 0 Å². The van der Waals surface area contributed by atoms with Gasteiger partial charge in [-0.2, -0.15) is 0 Å². The Morgan fingerprint density at radius 2 is 2.12 bits per heavy atom. The third-order valence-electron chi connectivity index (χ3n) is 2.32. The fraction of sp³-hybridized carbons (Fsp3) is 0.917. The SMILES string of the molecule is CCCNC(N)=NCC(CCN(C)C)OCC. The first-order valence-electron chi connectivity index (χ1n) is 6.40. The van der Waals surface area contributed by atoms with Gasteiger partial charge in [-0.15, -0.1) is 0 Å². The molecule has 0 saturated carbocycles. The van der Waals surface area contributed by atoms with Gasteiger partial charge in [0.05, 0.1) is 12.6 Å². The second-order valence-electron chi connectivity index (χ2n) is 4.32. The average Bonchev–Trinajstić information content (AvgIpc) is 2.29. The van der Waals surface area contributed by atoms with Crippen LogP contribution in [0.2, 0.25) is 0 Å². The third kappa shape index (κ3) is 10.1. The molecule has 0 aromatic heterocycles. The van der Waals surface area contributed by atoms with Crippen molar-refractivity contribution in [2.24, 2.45) is 10.7 Å². The van der Waals surface area contributed by atoms with Crippen LogP contribution in [0.15, 0.2) is 4.99 Å². The molecule has 0 bridgehead atoms. The zero-order valence-corrected chi connectivity index (χ0v) is 11.7. The fourth-order valence-electron chi connectivity index (χ4n) is 1.37.